The van der Waals surface area contributed by atoms with E-state index in [9.17, 15) is 0 Å². The van der Waals surface area contributed by atoms with Crippen LogP contribution in [0.25, 0.3) is 110 Å². The summed E-state index contributed by atoms with van der Waals surface area (Å²) < 4.78 is 0. The Morgan fingerprint density at radius 1 is 0.333 bits per heavy atom. The lowest BCUT2D eigenvalue weighted by molar-refractivity contribution is 1.37. The Labute approximate surface area is 276 Å². The van der Waals surface area contributed by atoms with Gasteiger partial charge in [-0.3, -0.25) is 4.98 Å². The van der Waals surface area contributed by atoms with Gasteiger partial charge in [-0.1, -0.05) is 127 Å². The van der Waals surface area contributed by atoms with Crippen molar-refractivity contribution in [1.82, 2.24) is 9.97 Å². The van der Waals surface area contributed by atoms with Crippen LogP contribution in [0.1, 0.15) is 0 Å². The van der Waals surface area contributed by atoms with E-state index in [1.807, 2.05) is 12.3 Å². The van der Waals surface area contributed by atoms with E-state index in [0.29, 0.717) is 0 Å². The van der Waals surface area contributed by atoms with Gasteiger partial charge in [0, 0.05) is 22.5 Å². The molecule has 11 rings (SSSR count). The number of hydrogen-bond donors (Lipinski definition) is 0. The Bertz CT molecular complexity index is 2970. The van der Waals surface area contributed by atoms with Crippen molar-refractivity contribution >= 4 is 64.9 Å². The third-order valence-corrected chi connectivity index (χ3v) is 10.4. The molecule has 0 saturated carbocycles. The maximum absolute atomic E-state index is 5.15. The molecule has 8 aromatic carbocycles. The molecule has 0 aliphatic heterocycles. The number of pyridine rings is 2. The van der Waals surface area contributed by atoms with E-state index in [0.717, 1.165) is 33.1 Å². The average Bonchev–Trinajstić information content (AvgIpc) is 3.48. The highest BCUT2D eigenvalue weighted by atomic mass is 14.7. The average molecular weight is 607 g/mol. The number of hydrogen-bond acceptors (Lipinski definition) is 2. The Balaban J connectivity index is 1.08. The minimum atomic E-state index is 0.942. The minimum Gasteiger partial charge on any atom is -0.254 e. The van der Waals surface area contributed by atoms with E-state index in [2.05, 4.69) is 151 Å². The summed E-state index contributed by atoms with van der Waals surface area (Å²) in [6.07, 6.45) is 1.85. The van der Waals surface area contributed by atoms with Crippen LogP contribution >= 0.6 is 0 Å². The van der Waals surface area contributed by atoms with Gasteiger partial charge in [0.1, 0.15) is 0 Å². The molecule has 2 aromatic heterocycles. The second kappa shape index (κ2) is 9.57. The lowest BCUT2D eigenvalue weighted by Crippen LogP contribution is -1.89. The van der Waals surface area contributed by atoms with Crippen LogP contribution in [0.15, 0.2) is 158 Å². The van der Waals surface area contributed by atoms with Crippen LogP contribution in [-0.2, 0) is 0 Å². The second-order valence-electron chi connectivity index (χ2n) is 12.9. The van der Waals surface area contributed by atoms with Gasteiger partial charge >= 0.3 is 0 Å². The summed E-state index contributed by atoms with van der Waals surface area (Å²) >= 11 is 0. The quantitative estimate of drug-likeness (QED) is 0.183. The van der Waals surface area contributed by atoms with Gasteiger partial charge in [0.15, 0.2) is 0 Å². The van der Waals surface area contributed by atoms with Gasteiger partial charge in [0.05, 0.1) is 16.7 Å². The van der Waals surface area contributed by atoms with E-state index in [-0.39, 0.29) is 0 Å². The minimum absolute atomic E-state index is 0.942. The molecule has 1 aliphatic carbocycles. The zero-order valence-corrected chi connectivity index (χ0v) is 25.9. The number of fused-ring (bicyclic) bond motifs is 12. The zero-order chi connectivity index (χ0) is 31.3. The zero-order valence-electron chi connectivity index (χ0n) is 25.9. The maximum Gasteiger partial charge on any atom is 0.0972 e. The van der Waals surface area contributed by atoms with Gasteiger partial charge in [0.25, 0.3) is 0 Å². The van der Waals surface area contributed by atoms with Crippen molar-refractivity contribution in [2.75, 3.05) is 0 Å². The van der Waals surface area contributed by atoms with Crippen molar-refractivity contribution in [2.45, 2.75) is 0 Å². The first kappa shape index (κ1) is 25.8. The van der Waals surface area contributed by atoms with E-state index < -0.39 is 0 Å². The molecule has 10 aromatic rings. The smallest absolute Gasteiger partial charge is 0.0972 e. The number of rotatable bonds is 2. The molecule has 0 saturated heterocycles. The monoisotopic (exact) mass is 606 g/mol. The highest BCUT2D eigenvalue weighted by Gasteiger charge is 2.24. The largest absolute Gasteiger partial charge is 0.254 e. The summed E-state index contributed by atoms with van der Waals surface area (Å²) in [5, 5.41) is 12.6. The molecule has 220 valence electrons. The standard InChI is InChI=1S/C46H26N2/c1-2-10-34-32(8-1)33-9-3-4-11-35(33)41-25-29(16-19-36(34)41)31-21-22-40-42-26-30(17-20-37(42)39-13-5-12-38(31)44(39)40)43-23-18-28-15-14-27-7-6-24-47-45(27)46(28)48-43/h1-26H. The van der Waals surface area contributed by atoms with E-state index in [1.54, 1.807) is 0 Å². The normalized spacial score (nSPS) is 12.2. The van der Waals surface area contributed by atoms with Crippen molar-refractivity contribution in [1.29, 1.82) is 0 Å². The van der Waals surface area contributed by atoms with E-state index in [4.69, 9.17) is 4.98 Å². The molecule has 48 heavy (non-hydrogen) atoms. The fourth-order valence-corrected chi connectivity index (χ4v) is 8.23. The summed E-state index contributed by atoms with van der Waals surface area (Å²) in [4.78, 5) is 9.82. The third-order valence-electron chi connectivity index (χ3n) is 10.4. The number of nitrogens with zero attached hydrogens (tertiary/aromatic N) is 2. The molecule has 2 heterocycles. The summed E-state index contributed by atoms with van der Waals surface area (Å²) in [5.74, 6) is 0. The molecule has 0 fully saturated rings. The van der Waals surface area contributed by atoms with Crippen LogP contribution in [-0.4, -0.2) is 9.97 Å². The van der Waals surface area contributed by atoms with E-state index >= 15 is 0 Å². The molecule has 0 atom stereocenters. The van der Waals surface area contributed by atoms with Crippen molar-refractivity contribution < 1.29 is 0 Å². The molecule has 0 radical (unpaired) electrons. The third kappa shape index (κ3) is 3.52. The molecule has 2 nitrogen and oxygen atoms in total. The van der Waals surface area contributed by atoms with Gasteiger partial charge in [-0.2, -0.15) is 0 Å². The summed E-state index contributed by atoms with van der Waals surface area (Å²) in [6.45, 7) is 0. The Hall–Kier alpha value is -6.38. The van der Waals surface area contributed by atoms with Crippen LogP contribution < -0.4 is 0 Å². The first-order chi connectivity index (χ1) is 23.8. The van der Waals surface area contributed by atoms with E-state index in [1.165, 1.54) is 76.5 Å². The topological polar surface area (TPSA) is 25.8 Å². The lowest BCUT2D eigenvalue weighted by atomic mass is 9.90. The predicted octanol–water partition coefficient (Wildman–Crippen LogP) is 12.4. The molecule has 0 amide bonds. The van der Waals surface area contributed by atoms with Gasteiger partial charge in [0.2, 0.25) is 0 Å². The Morgan fingerprint density at radius 2 is 0.958 bits per heavy atom. The number of benzene rings is 8. The maximum atomic E-state index is 5.15. The van der Waals surface area contributed by atoms with Crippen molar-refractivity contribution in [3.63, 3.8) is 0 Å². The summed E-state index contributed by atoms with van der Waals surface area (Å²) in [5.41, 5.74) is 11.6. The van der Waals surface area contributed by atoms with Crippen LogP contribution in [0.2, 0.25) is 0 Å². The molecule has 0 spiro atoms. The summed E-state index contributed by atoms with van der Waals surface area (Å²) in [7, 11) is 0. The van der Waals surface area contributed by atoms with Gasteiger partial charge < -0.3 is 0 Å². The van der Waals surface area contributed by atoms with Crippen LogP contribution in [0.3, 0.4) is 0 Å². The Morgan fingerprint density at radius 3 is 1.77 bits per heavy atom. The van der Waals surface area contributed by atoms with Crippen LogP contribution in [0.5, 0.6) is 0 Å². The highest BCUT2D eigenvalue weighted by molar-refractivity contribution is 6.26. The van der Waals surface area contributed by atoms with Crippen molar-refractivity contribution in [3.05, 3.63) is 158 Å². The fraction of sp³-hybridized carbons (Fsp3) is 0. The number of aromatic nitrogens is 2. The van der Waals surface area contributed by atoms with Crippen LogP contribution in [0, 0.1) is 0 Å². The lowest BCUT2D eigenvalue weighted by Gasteiger charge is -2.14. The second-order valence-corrected chi connectivity index (χ2v) is 12.9. The molecule has 0 unspecified atom stereocenters. The molecular formula is C46H26N2. The first-order valence-electron chi connectivity index (χ1n) is 16.5. The fourth-order valence-electron chi connectivity index (χ4n) is 8.23. The first-order valence-corrected chi connectivity index (χ1v) is 16.5. The highest BCUT2D eigenvalue weighted by Crippen LogP contribution is 2.50. The molecular weight excluding hydrogens is 581 g/mol. The molecule has 0 N–H and O–H groups in total. The molecule has 0 bridgehead atoms. The van der Waals surface area contributed by atoms with Gasteiger partial charge in [-0.05, 0) is 101 Å². The van der Waals surface area contributed by atoms with Gasteiger partial charge in [-0.15, -0.1) is 0 Å². The summed E-state index contributed by atoms with van der Waals surface area (Å²) in [6, 6.07) is 55.5. The Kier molecular flexibility index (Phi) is 5.14. The van der Waals surface area contributed by atoms with Gasteiger partial charge in [-0.25, -0.2) is 4.98 Å². The SMILES string of the molecule is c1cnc2c(c1)ccc1ccc(-c3ccc4c(c3)-c3ccc(-c5ccc6c7ccccc7c7ccccc7c6c5)c5cccc-4c35)nc12. The molecule has 2 heteroatoms. The van der Waals surface area contributed by atoms with Crippen molar-refractivity contribution in [2.24, 2.45) is 0 Å². The predicted molar refractivity (Wildman–Crippen MR) is 202 cm³/mol. The van der Waals surface area contributed by atoms with Crippen molar-refractivity contribution in [3.8, 4) is 44.6 Å². The van der Waals surface area contributed by atoms with Crippen LogP contribution in [0.4, 0.5) is 0 Å². The molecule has 1 aliphatic rings.